The lowest BCUT2D eigenvalue weighted by Crippen LogP contribution is -2.51. The minimum atomic E-state index is 0. The van der Waals surface area contributed by atoms with E-state index in [2.05, 4.69) is 12.2 Å². The summed E-state index contributed by atoms with van der Waals surface area (Å²) < 4.78 is 5.75. The first-order chi connectivity index (χ1) is 11.2. The molecule has 1 heterocycles. The summed E-state index contributed by atoms with van der Waals surface area (Å²) in [4.78, 5) is 14.4. The summed E-state index contributed by atoms with van der Waals surface area (Å²) in [7, 11) is 0. The third-order valence-corrected chi connectivity index (χ3v) is 4.01. The van der Waals surface area contributed by atoms with Crippen molar-refractivity contribution >= 4 is 18.3 Å². The van der Waals surface area contributed by atoms with E-state index in [1.807, 2.05) is 59.5 Å². The summed E-state index contributed by atoms with van der Waals surface area (Å²) in [5, 5.41) is 3.35. The van der Waals surface area contributed by atoms with Crippen LogP contribution in [0, 0.1) is 0 Å². The number of ether oxygens (including phenoxy) is 1. The summed E-state index contributed by atoms with van der Waals surface area (Å²) in [5.74, 6) is 0.868. The monoisotopic (exact) mass is 346 g/mol. The molecule has 1 atom stereocenters. The van der Waals surface area contributed by atoms with Crippen LogP contribution in [0.3, 0.4) is 0 Å². The van der Waals surface area contributed by atoms with Crippen LogP contribution in [0.1, 0.15) is 22.8 Å². The Balaban J connectivity index is 0.00000208. The average molecular weight is 347 g/mol. The van der Waals surface area contributed by atoms with Crippen LogP contribution in [0.2, 0.25) is 0 Å². The number of amides is 1. The highest BCUT2D eigenvalue weighted by molar-refractivity contribution is 5.94. The van der Waals surface area contributed by atoms with Crippen molar-refractivity contribution < 1.29 is 9.53 Å². The minimum Gasteiger partial charge on any atom is -0.489 e. The fraction of sp³-hybridized carbons (Fsp3) is 0.316. The molecule has 5 heteroatoms. The molecular weight excluding hydrogens is 324 g/mol. The first kappa shape index (κ1) is 18.3. The van der Waals surface area contributed by atoms with Crippen molar-refractivity contribution in [3.63, 3.8) is 0 Å². The van der Waals surface area contributed by atoms with Crippen LogP contribution in [0.25, 0.3) is 0 Å². The molecule has 2 aromatic rings. The molecule has 1 fully saturated rings. The molecule has 0 spiro atoms. The number of hydrogen-bond donors (Lipinski definition) is 1. The van der Waals surface area contributed by atoms with E-state index in [9.17, 15) is 4.79 Å². The summed E-state index contributed by atoms with van der Waals surface area (Å²) in [5.41, 5.74) is 1.84. The average Bonchev–Trinajstić information content (AvgIpc) is 2.61. The van der Waals surface area contributed by atoms with Crippen LogP contribution in [0.4, 0.5) is 0 Å². The molecular formula is C19H23ClN2O2. The van der Waals surface area contributed by atoms with Crippen molar-refractivity contribution in [2.75, 3.05) is 19.6 Å². The molecule has 1 amide bonds. The Morgan fingerprint density at radius 2 is 1.88 bits per heavy atom. The van der Waals surface area contributed by atoms with Crippen LogP contribution in [-0.4, -0.2) is 36.5 Å². The molecule has 0 aliphatic carbocycles. The highest BCUT2D eigenvalue weighted by Gasteiger charge is 2.21. The third-order valence-electron chi connectivity index (χ3n) is 4.01. The number of piperazine rings is 1. The summed E-state index contributed by atoms with van der Waals surface area (Å²) in [6.45, 7) is 5.00. The number of hydrogen-bond acceptors (Lipinski definition) is 3. The molecule has 0 unspecified atom stereocenters. The van der Waals surface area contributed by atoms with Crippen molar-refractivity contribution in [3.05, 3.63) is 65.7 Å². The van der Waals surface area contributed by atoms with Crippen molar-refractivity contribution in [1.29, 1.82) is 0 Å². The Morgan fingerprint density at radius 1 is 1.17 bits per heavy atom. The van der Waals surface area contributed by atoms with E-state index in [-0.39, 0.29) is 18.3 Å². The van der Waals surface area contributed by atoms with Gasteiger partial charge in [-0.1, -0.05) is 30.3 Å². The normalized spacial score (nSPS) is 17.0. The maximum atomic E-state index is 12.5. The molecule has 4 nitrogen and oxygen atoms in total. The second-order valence-corrected chi connectivity index (χ2v) is 5.90. The minimum absolute atomic E-state index is 0. The lowest BCUT2D eigenvalue weighted by atomic mass is 10.1. The van der Waals surface area contributed by atoms with E-state index in [1.54, 1.807) is 0 Å². The molecule has 2 aromatic carbocycles. The molecule has 0 aromatic heterocycles. The van der Waals surface area contributed by atoms with Crippen LogP contribution in [0.15, 0.2) is 54.6 Å². The first-order valence-electron chi connectivity index (χ1n) is 8.02. The predicted octanol–water partition coefficient (Wildman–Crippen LogP) is 3.12. The van der Waals surface area contributed by atoms with Gasteiger partial charge in [0.05, 0.1) is 0 Å². The second-order valence-electron chi connectivity index (χ2n) is 5.90. The van der Waals surface area contributed by atoms with Crippen LogP contribution in [-0.2, 0) is 6.61 Å². The quantitative estimate of drug-likeness (QED) is 0.924. The number of carbonyl (C=O) groups is 1. The van der Waals surface area contributed by atoms with Gasteiger partial charge in [-0.05, 0) is 36.8 Å². The van der Waals surface area contributed by atoms with Crippen molar-refractivity contribution in [2.24, 2.45) is 0 Å². The first-order valence-corrected chi connectivity index (χ1v) is 8.02. The van der Waals surface area contributed by atoms with E-state index >= 15 is 0 Å². The van der Waals surface area contributed by atoms with E-state index in [0.29, 0.717) is 18.2 Å². The summed E-state index contributed by atoms with van der Waals surface area (Å²) in [6.07, 6.45) is 0. The molecule has 3 rings (SSSR count). The molecule has 128 valence electrons. The Kier molecular flexibility index (Phi) is 6.64. The number of carbonyl (C=O) groups excluding carboxylic acids is 1. The molecule has 1 aliphatic heterocycles. The topological polar surface area (TPSA) is 41.6 Å². The molecule has 1 N–H and O–H groups in total. The van der Waals surface area contributed by atoms with Gasteiger partial charge in [-0.15, -0.1) is 12.4 Å². The highest BCUT2D eigenvalue weighted by atomic mass is 35.5. The van der Waals surface area contributed by atoms with Crippen LogP contribution in [0.5, 0.6) is 5.75 Å². The number of benzene rings is 2. The lowest BCUT2D eigenvalue weighted by Gasteiger charge is -2.32. The lowest BCUT2D eigenvalue weighted by molar-refractivity contribution is 0.0709. The van der Waals surface area contributed by atoms with Crippen molar-refractivity contribution in [3.8, 4) is 5.75 Å². The highest BCUT2D eigenvalue weighted by Crippen LogP contribution is 2.16. The SMILES string of the molecule is C[C@H]1CN(C(=O)c2ccc(OCc3ccccc3)cc2)CCN1.Cl. The van der Waals surface area contributed by atoms with Gasteiger partial charge in [-0.25, -0.2) is 0 Å². The Hall–Kier alpha value is -2.04. The molecule has 0 bridgehead atoms. The molecule has 1 saturated heterocycles. The van der Waals surface area contributed by atoms with Crippen molar-refractivity contribution in [2.45, 2.75) is 19.6 Å². The van der Waals surface area contributed by atoms with Gasteiger partial charge in [-0.3, -0.25) is 4.79 Å². The van der Waals surface area contributed by atoms with E-state index < -0.39 is 0 Å². The fourth-order valence-electron chi connectivity index (χ4n) is 2.73. The van der Waals surface area contributed by atoms with Gasteiger partial charge in [0, 0.05) is 31.2 Å². The standard InChI is InChI=1S/C19H22N2O2.ClH/c1-15-13-21(12-11-20-15)19(22)17-7-9-18(10-8-17)23-14-16-5-3-2-4-6-16;/h2-10,15,20H,11-14H2,1H3;1H/t15-;/m0./s1. The molecule has 0 radical (unpaired) electrons. The Labute approximate surface area is 149 Å². The third kappa shape index (κ3) is 4.73. The Morgan fingerprint density at radius 3 is 2.54 bits per heavy atom. The fourth-order valence-corrected chi connectivity index (χ4v) is 2.73. The van der Waals surface area contributed by atoms with Gasteiger partial charge in [0.15, 0.2) is 0 Å². The number of nitrogens with one attached hydrogen (secondary N) is 1. The summed E-state index contributed by atoms with van der Waals surface area (Å²) in [6, 6.07) is 17.8. The van der Waals surface area contributed by atoms with Gasteiger partial charge in [0.2, 0.25) is 0 Å². The maximum absolute atomic E-state index is 12.5. The zero-order valence-corrected chi connectivity index (χ0v) is 14.6. The zero-order valence-electron chi connectivity index (χ0n) is 13.8. The van der Waals surface area contributed by atoms with E-state index in [4.69, 9.17) is 4.74 Å². The predicted molar refractivity (Wildman–Crippen MR) is 97.8 cm³/mol. The Bertz CT molecular complexity index is 646. The largest absolute Gasteiger partial charge is 0.489 e. The van der Waals surface area contributed by atoms with E-state index in [1.165, 1.54) is 0 Å². The molecule has 1 aliphatic rings. The smallest absolute Gasteiger partial charge is 0.253 e. The molecule has 0 saturated carbocycles. The number of nitrogens with zero attached hydrogens (tertiary/aromatic N) is 1. The van der Waals surface area contributed by atoms with Gasteiger partial charge >= 0.3 is 0 Å². The van der Waals surface area contributed by atoms with E-state index in [0.717, 1.165) is 30.9 Å². The van der Waals surface area contributed by atoms with Gasteiger partial charge in [0.1, 0.15) is 12.4 Å². The summed E-state index contributed by atoms with van der Waals surface area (Å²) >= 11 is 0. The van der Waals surface area contributed by atoms with Gasteiger partial charge in [-0.2, -0.15) is 0 Å². The second kappa shape index (κ2) is 8.71. The zero-order chi connectivity index (χ0) is 16.1. The van der Waals surface area contributed by atoms with Gasteiger partial charge < -0.3 is 15.0 Å². The van der Waals surface area contributed by atoms with Gasteiger partial charge in [0.25, 0.3) is 5.91 Å². The number of halogens is 1. The van der Waals surface area contributed by atoms with Crippen LogP contribution < -0.4 is 10.1 Å². The number of rotatable bonds is 4. The molecule has 24 heavy (non-hydrogen) atoms. The van der Waals surface area contributed by atoms with Crippen LogP contribution >= 0.6 is 12.4 Å². The maximum Gasteiger partial charge on any atom is 0.253 e. The van der Waals surface area contributed by atoms with Crippen molar-refractivity contribution in [1.82, 2.24) is 10.2 Å².